The number of nitrogens with zero attached hydrogens (tertiary/aromatic N) is 2. The number of carbonyl (C=O) groups is 1. The Labute approximate surface area is 162 Å². The summed E-state index contributed by atoms with van der Waals surface area (Å²) in [4.78, 5) is 19.0. The van der Waals surface area contributed by atoms with Crippen molar-refractivity contribution in [2.24, 2.45) is 0 Å². The second-order valence-corrected chi connectivity index (χ2v) is 6.67. The lowest BCUT2D eigenvalue weighted by Crippen LogP contribution is -2.52. The van der Waals surface area contributed by atoms with Crippen molar-refractivity contribution in [1.82, 2.24) is 15.2 Å². The van der Waals surface area contributed by atoms with Crippen molar-refractivity contribution in [1.29, 1.82) is 0 Å². The number of hydrogen-bond acceptors (Lipinski definition) is 4. The Morgan fingerprint density at radius 3 is 2.96 bits per heavy atom. The largest absolute Gasteiger partial charge is 0.481 e. The fourth-order valence-electron chi connectivity index (χ4n) is 2.87. The van der Waals surface area contributed by atoms with Gasteiger partial charge in [0, 0.05) is 36.5 Å². The van der Waals surface area contributed by atoms with Gasteiger partial charge < -0.3 is 15.0 Å². The molecular formula is C18H21BrClN3O2. The van der Waals surface area contributed by atoms with Gasteiger partial charge in [0.05, 0.1) is 6.04 Å². The molecule has 7 heteroatoms. The zero-order chi connectivity index (χ0) is 16.9. The second-order valence-electron chi connectivity index (χ2n) is 5.76. The Balaban J connectivity index is 0.00000225. The van der Waals surface area contributed by atoms with Crippen LogP contribution in [-0.4, -0.2) is 41.5 Å². The number of nitrogens with one attached hydrogen (secondary N) is 1. The normalized spacial score (nSPS) is 18.2. The Morgan fingerprint density at radius 2 is 2.24 bits per heavy atom. The number of carbonyl (C=O) groups excluding carboxylic acids is 1. The standard InChI is InChI=1S/C18H20BrN3O2.ClH/c1-13(24-16-6-2-5-15(19)10-16)18(23)22-9-8-21-12-17(22)14-4-3-7-20-11-14;/h2-7,10-11,13,17,21H,8-9,12H2,1H3;1H. The van der Waals surface area contributed by atoms with Crippen LogP contribution in [0.15, 0.2) is 53.3 Å². The minimum absolute atomic E-state index is 0. The van der Waals surface area contributed by atoms with Gasteiger partial charge in [-0.3, -0.25) is 9.78 Å². The van der Waals surface area contributed by atoms with Crippen LogP contribution in [-0.2, 0) is 4.79 Å². The van der Waals surface area contributed by atoms with Crippen molar-refractivity contribution in [3.8, 4) is 5.75 Å². The maximum atomic E-state index is 12.9. The third-order valence-corrected chi connectivity index (χ3v) is 4.55. The highest BCUT2D eigenvalue weighted by Crippen LogP contribution is 2.24. The van der Waals surface area contributed by atoms with E-state index >= 15 is 0 Å². The maximum absolute atomic E-state index is 12.9. The molecule has 1 N–H and O–H groups in total. The molecule has 1 aromatic carbocycles. The Hall–Kier alpha value is -1.63. The molecule has 25 heavy (non-hydrogen) atoms. The smallest absolute Gasteiger partial charge is 0.263 e. The van der Waals surface area contributed by atoms with Gasteiger partial charge in [0.2, 0.25) is 0 Å². The summed E-state index contributed by atoms with van der Waals surface area (Å²) in [7, 11) is 0. The summed E-state index contributed by atoms with van der Waals surface area (Å²) in [5.74, 6) is 0.670. The molecule has 1 aliphatic rings. The van der Waals surface area contributed by atoms with Crippen molar-refractivity contribution < 1.29 is 9.53 Å². The lowest BCUT2D eigenvalue weighted by Gasteiger charge is -2.37. The van der Waals surface area contributed by atoms with Gasteiger partial charge in [-0.1, -0.05) is 28.1 Å². The highest BCUT2D eigenvalue weighted by Gasteiger charge is 2.31. The maximum Gasteiger partial charge on any atom is 0.263 e. The molecule has 0 bridgehead atoms. The summed E-state index contributed by atoms with van der Waals surface area (Å²) in [5.41, 5.74) is 1.03. The van der Waals surface area contributed by atoms with Crippen molar-refractivity contribution in [3.05, 3.63) is 58.8 Å². The third-order valence-electron chi connectivity index (χ3n) is 4.05. The molecular weight excluding hydrogens is 406 g/mol. The van der Waals surface area contributed by atoms with Crippen LogP contribution < -0.4 is 10.1 Å². The average molecular weight is 427 g/mol. The molecule has 2 atom stereocenters. The summed E-state index contributed by atoms with van der Waals surface area (Å²) >= 11 is 3.42. The van der Waals surface area contributed by atoms with Crippen molar-refractivity contribution in [2.45, 2.75) is 19.1 Å². The van der Waals surface area contributed by atoms with Crippen LogP contribution in [0.4, 0.5) is 0 Å². The van der Waals surface area contributed by atoms with Gasteiger partial charge >= 0.3 is 0 Å². The number of piperazine rings is 1. The molecule has 1 aromatic heterocycles. The highest BCUT2D eigenvalue weighted by molar-refractivity contribution is 9.10. The molecule has 0 radical (unpaired) electrons. The van der Waals surface area contributed by atoms with Crippen LogP contribution in [0.2, 0.25) is 0 Å². The molecule has 0 spiro atoms. The predicted octanol–water partition coefficient (Wildman–Crippen LogP) is 3.21. The van der Waals surface area contributed by atoms with Crippen molar-refractivity contribution in [3.63, 3.8) is 0 Å². The number of amides is 1. The zero-order valence-electron chi connectivity index (χ0n) is 13.9. The molecule has 1 aliphatic heterocycles. The van der Waals surface area contributed by atoms with E-state index in [1.54, 1.807) is 13.1 Å². The zero-order valence-corrected chi connectivity index (χ0v) is 16.3. The van der Waals surface area contributed by atoms with E-state index in [0.29, 0.717) is 12.3 Å². The van der Waals surface area contributed by atoms with Gasteiger partial charge in [-0.05, 0) is 36.8 Å². The van der Waals surface area contributed by atoms with E-state index in [1.807, 2.05) is 47.5 Å². The van der Waals surface area contributed by atoms with Gasteiger partial charge in [-0.25, -0.2) is 0 Å². The molecule has 0 aliphatic carbocycles. The molecule has 1 saturated heterocycles. The van der Waals surface area contributed by atoms with E-state index in [1.165, 1.54) is 0 Å². The van der Waals surface area contributed by atoms with Gasteiger partial charge in [-0.2, -0.15) is 0 Å². The molecule has 5 nitrogen and oxygen atoms in total. The molecule has 2 heterocycles. The molecule has 134 valence electrons. The SMILES string of the molecule is CC(Oc1cccc(Br)c1)C(=O)N1CCNCC1c1cccnc1.Cl. The minimum Gasteiger partial charge on any atom is -0.481 e. The molecule has 3 rings (SSSR count). The molecule has 2 aromatic rings. The number of rotatable bonds is 4. The van der Waals surface area contributed by atoms with E-state index in [-0.39, 0.29) is 24.4 Å². The minimum atomic E-state index is -0.545. The Bertz CT molecular complexity index is 702. The lowest BCUT2D eigenvalue weighted by molar-refractivity contribution is -0.141. The van der Waals surface area contributed by atoms with Crippen LogP contribution >= 0.6 is 28.3 Å². The van der Waals surface area contributed by atoms with Gasteiger partial charge in [0.15, 0.2) is 6.10 Å². The monoisotopic (exact) mass is 425 g/mol. The molecule has 1 fully saturated rings. The van der Waals surface area contributed by atoms with E-state index in [9.17, 15) is 4.79 Å². The quantitative estimate of drug-likeness (QED) is 0.816. The van der Waals surface area contributed by atoms with Crippen LogP contribution in [0.25, 0.3) is 0 Å². The number of halogens is 2. The number of ether oxygens (including phenoxy) is 1. The van der Waals surface area contributed by atoms with Gasteiger partial charge in [0.1, 0.15) is 5.75 Å². The first-order valence-corrected chi connectivity index (χ1v) is 8.78. The van der Waals surface area contributed by atoms with Crippen LogP contribution in [0, 0.1) is 0 Å². The Morgan fingerprint density at radius 1 is 1.40 bits per heavy atom. The van der Waals surface area contributed by atoms with Crippen LogP contribution in [0.1, 0.15) is 18.5 Å². The summed E-state index contributed by atoms with van der Waals surface area (Å²) in [6.07, 6.45) is 3.01. The van der Waals surface area contributed by atoms with Crippen molar-refractivity contribution >= 4 is 34.2 Å². The van der Waals surface area contributed by atoms with Gasteiger partial charge in [-0.15, -0.1) is 12.4 Å². The van der Waals surface area contributed by atoms with E-state index in [2.05, 4.69) is 26.2 Å². The summed E-state index contributed by atoms with van der Waals surface area (Å²) < 4.78 is 6.76. The number of hydrogen-bond donors (Lipinski definition) is 1. The number of aromatic nitrogens is 1. The summed E-state index contributed by atoms with van der Waals surface area (Å²) in [5, 5.41) is 3.35. The first kappa shape index (κ1) is 19.7. The summed E-state index contributed by atoms with van der Waals surface area (Å²) in [6, 6.07) is 11.4. The molecule has 1 amide bonds. The second kappa shape index (κ2) is 9.17. The summed E-state index contributed by atoms with van der Waals surface area (Å²) in [6.45, 7) is 3.96. The highest BCUT2D eigenvalue weighted by atomic mass is 79.9. The first-order valence-electron chi connectivity index (χ1n) is 7.98. The topological polar surface area (TPSA) is 54.5 Å². The predicted molar refractivity (Wildman–Crippen MR) is 103 cm³/mol. The fraction of sp³-hybridized carbons (Fsp3) is 0.333. The van der Waals surface area contributed by atoms with Crippen molar-refractivity contribution in [2.75, 3.05) is 19.6 Å². The van der Waals surface area contributed by atoms with E-state index < -0.39 is 6.10 Å². The molecule has 0 saturated carbocycles. The lowest BCUT2D eigenvalue weighted by atomic mass is 10.0. The van der Waals surface area contributed by atoms with Crippen LogP contribution in [0.5, 0.6) is 5.75 Å². The van der Waals surface area contributed by atoms with E-state index in [4.69, 9.17) is 4.74 Å². The molecule has 2 unspecified atom stereocenters. The number of pyridine rings is 1. The number of benzene rings is 1. The van der Waals surface area contributed by atoms with E-state index in [0.717, 1.165) is 23.1 Å². The van der Waals surface area contributed by atoms with Gasteiger partial charge in [0.25, 0.3) is 5.91 Å². The third kappa shape index (κ3) is 4.93. The first-order chi connectivity index (χ1) is 11.6. The average Bonchev–Trinajstić information content (AvgIpc) is 2.62. The Kier molecular flexibility index (Phi) is 7.23. The fourth-order valence-corrected chi connectivity index (χ4v) is 3.25. The van der Waals surface area contributed by atoms with Crippen LogP contribution in [0.3, 0.4) is 0 Å².